The third kappa shape index (κ3) is 3.59. The Kier molecular flexibility index (Phi) is 4.74. The number of fused-ring (bicyclic) bond motifs is 1. The van der Waals surface area contributed by atoms with Crippen LogP contribution in [0.5, 0.6) is 5.75 Å². The van der Waals surface area contributed by atoms with Gasteiger partial charge in [0.15, 0.2) is 5.13 Å². The van der Waals surface area contributed by atoms with Crippen molar-refractivity contribution < 1.29 is 13.2 Å². The summed E-state index contributed by atoms with van der Waals surface area (Å²) in [5.74, 6) is 0.964. The number of aromatic nitrogens is 1. The first-order valence-electron chi connectivity index (χ1n) is 7.71. The number of rotatable bonds is 5. The van der Waals surface area contributed by atoms with Crippen LogP contribution in [0.4, 0.5) is 5.13 Å². The minimum atomic E-state index is -3.12. The first kappa shape index (κ1) is 16.5. The van der Waals surface area contributed by atoms with Gasteiger partial charge in [-0.05, 0) is 38.0 Å². The van der Waals surface area contributed by atoms with E-state index in [2.05, 4.69) is 10.3 Å². The number of nitrogens with one attached hydrogen (secondary N) is 1. The van der Waals surface area contributed by atoms with Crippen LogP contribution >= 0.6 is 11.3 Å². The summed E-state index contributed by atoms with van der Waals surface area (Å²) in [5.41, 5.74) is 0.923. The van der Waals surface area contributed by atoms with Crippen LogP contribution in [0.2, 0.25) is 0 Å². The summed E-state index contributed by atoms with van der Waals surface area (Å²) < 4.78 is 31.9. The monoisotopic (exact) mass is 355 g/mol. The Hall–Kier alpha value is -1.38. The molecule has 0 spiro atoms. The van der Waals surface area contributed by atoms with E-state index in [1.54, 1.807) is 29.7 Å². The second kappa shape index (κ2) is 6.62. The molecule has 6 nitrogen and oxygen atoms in total. The molecule has 1 unspecified atom stereocenters. The standard InChI is InChI=1S/C15H21N3O3S2/c1-3-23(19,20)18-8-4-5-11(10-18)16-15-17-13-7-6-12(21-2)9-14(13)22-15/h6-7,9,11H,3-5,8,10H2,1-2H3,(H,16,17). The molecule has 1 aromatic heterocycles. The van der Waals surface area contributed by atoms with Crippen molar-refractivity contribution in [2.75, 3.05) is 31.3 Å². The van der Waals surface area contributed by atoms with Gasteiger partial charge in [0.25, 0.3) is 0 Å². The van der Waals surface area contributed by atoms with E-state index in [9.17, 15) is 8.42 Å². The topological polar surface area (TPSA) is 71.5 Å². The number of nitrogens with zero attached hydrogens (tertiary/aromatic N) is 2. The molecule has 1 fully saturated rings. The summed E-state index contributed by atoms with van der Waals surface area (Å²) in [6.45, 7) is 2.81. The van der Waals surface area contributed by atoms with Gasteiger partial charge in [0, 0.05) is 19.1 Å². The Morgan fingerprint density at radius 1 is 1.48 bits per heavy atom. The predicted molar refractivity (Wildman–Crippen MR) is 93.9 cm³/mol. The van der Waals surface area contributed by atoms with Crippen molar-refractivity contribution in [1.82, 2.24) is 9.29 Å². The first-order valence-corrected chi connectivity index (χ1v) is 10.1. The fraction of sp³-hybridized carbons (Fsp3) is 0.533. The van der Waals surface area contributed by atoms with E-state index in [4.69, 9.17) is 4.74 Å². The molecule has 0 aliphatic carbocycles. The molecule has 1 N–H and O–H groups in total. The highest BCUT2D eigenvalue weighted by atomic mass is 32.2. The molecule has 0 bridgehead atoms. The van der Waals surface area contributed by atoms with Crippen molar-refractivity contribution in [2.45, 2.75) is 25.8 Å². The lowest BCUT2D eigenvalue weighted by atomic mass is 10.1. The van der Waals surface area contributed by atoms with Crippen LogP contribution in [-0.4, -0.2) is 49.7 Å². The zero-order chi connectivity index (χ0) is 16.4. The molecule has 126 valence electrons. The molecule has 1 saturated heterocycles. The second-order valence-corrected chi connectivity index (χ2v) is 8.88. The minimum Gasteiger partial charge on any atom is -0.497 e. The van der Waals surface area contributed by atoms with Gasteiger partial charge in [0.1, 0.15) is 5.75 Å². The van der Waals surface area contributed by atoms with E-state index >= 15 is 0 Å². The van der Waals surface area contributed by atoms with Gasteiger partial charge >= 0.3 is 0 Å². The van der Waals surface area contributed by atoms with Gasteiger partial charge in [-0.25, -0.2) is 13.4 Å². The number of hydrogen-bond donors (Lipinski definition) is 1. The Bertz CT molecular complexity index is 788. The normalized spacial score (nSPS) is 19.8. The van der Waals surface area contributed by atoms with Crippen molar-refractivity contribution in [1.29, 1.82) is 0 Å². The fourth-order valence-electron chi connectivity index (χ4n) is 2.76. The molecular weight excluding hydrogens is 334 g/mol. The molecule has 1 aliphatic rings. The molecule has 0 saturated carbocycles. The Balaban J connectivity index is 1.74. The smallest absolute Gasteiger partial charge is 0.213 e. The van der Waals surface area contributed by atoms with Gasteiger partial charge in [0.2, 0.25) is 10.0 Å². The predicted octanol–water partition coefficient (Wildman–Crippen LogP) is 2.53. The number of benzene rings is 1. The van der Waals surface area contributed by atoms with E-state index in [0.29, 0.717) is 13.1 Å². The van der Waals surface area contributed by atoms with Gasteiger partial charge in [-0.1, -0.05) is 11.3 Å². The average Bonchev–Trinajstić information content (AvgIpc) is 2.96. The lowest BCUT2D eigenvalue weighted by Gasteiger charge is -2.31. The van der Waals surface area contributed by atoms with Gasteiger partial charge in [-0.3, -0.25) is 0 Å². The number of methoxy groups -OCH3 is 1. The molecule has 1 aromatic carbocycles. The maximum atomic E-state index is 12.0. The molecule has 2 heterocycles. The van der Waals surface area contributed by atoms with Crippen LogP contribution in [0.15, 0.2) is 18.2 Å². The molecule has 23 heavy (non-hydrogen) atoms. The molecule has 0 radical (unpaired) electrons. The summed E-state index contributed by atoms with van der Waals surface area (Å²) in [6, 6.07) is 5.90. The molecule has 8 heteroatoms. The van der Waals surface area contributed by atoms with Gasteiger partial charge in [0.05, 0.1) is 23.1 Å². The number of thiazole rings is 1. The van der Waals surface area contributed by atoms with Crippen molar-refractivity contribution in [2.24, 2.45) is 0 Å². The first-order chi connectivity index (χ1) is 11.0. The largest absolute Gasteiger partial charge is 0.497 e. The van der Waals surface area contributed by atoms with Crippen LogP contribution in [0.25, 0.3) is 10.2 Å². The SMILES string of the molecule is CCS(=O)(=O)N1CCCC(Nc2nc3ccc(OC)cc3s2)C1. The van der Waals surface area contributed by atoms with E-state index < -0.39 is 10.0 Å². The Morgan fingerprint density at radius 2 is 2.30 bits per heavy atom. The summed E-state index contributed by atoms with van der Waals surface area (Å²) in [5, 5.41) is 4.22. The van der Waals surface area contributed by atoms with Crippen LogP contribution in [0.3, 0.4) is 0 Å². The van der Waals surface area contributed by atoms with Crippen LogP contribution in [0, 0.1) is 0 Å². The maximum Gasteiger partial charge on any atom is 0.213 e. The van der Waals surface area contributed by atoms with E-state index in [1.165, 1.54) is 0 Å². The molecule has 1 aliphatic heterocycles. The number of anilines is 1. The van der Waals surface area contributed by atoms with E-state index in [-0.39, 0.29) is 11.8 Å². The number of piperidine rings is 1. The number of hydrogen-bond acceptors (Lipinski definition) is 6. The average molecular weight is 355 g/mol. The minimum absolute atomic E-state index is 0.104. The quantitative estimate of drug-likeness (QED) is 0.892. The van der Waals surface area contributed by atoms with Crippen molar-refractivity contribution in [3.05, 3.63) is 18.2 Å². The lowest BCUT2D eigenvalue weighted by Crippen LogP contribution is -2.45. The van der Waals surface area contributed by atoms with Gasteiger partial charge in [-0.15, -0.1) is 0 Å². The van der Waals surface area contributed by atoms with Crippen molar-refractivity contribution in [3.8, 4) is 5.75 Å². The highest BCUT2D eigenvalue weighted by molar-refractivity contribution is 7.89. The molecule has 1 atom stereocenters. The van der Waals surface area contributed by atoms with E-state index in [1.807, 2.05) is 18.2 Å². The number of ether oxygens (including phenoxy) is 1. The zero-order valence-electron chi connectivity index (χ0n) is 13.3. The van der Waals surface area contributed by atoms with Crippen LogP contribution < -0.4 is 10.1 Å². The summed E-state index contributed by atoms with van der Waals surface area (Å²) in [7, 11) is -1.48. The maximum absolute atomic E-state index is 12.0. The lowest BCUT2D eigenvalue weighted by molar-refractivity contribution is 0.327. The van der Waals surface area contributed by atoms with Crippen LogP contribution in [0.1, 0.15) is 19.8 Å². The number of sulfonamides is 1. The van der Waals surface area contributed by atoms with Crippen molar-refractivity contribution in [3.63, 3.8) is 0 Å². The summed E-state index contributed by atoms with van der Waals surface area (Å²) in [6.07, 6.45) is 1.82. The third-order valence-electron chi connectivity index (χ3n) is 4.07. The summed E-state index contributed by atoms with van der Waals surface area (Å²) in [4.78, 5) is 4.57. The van der Waals surface area contributed by atoms with Crippen molar-refractivity contribution >= 4 is 36.7 Å². The summed E-state index contributed by atoms with van der Waals surface area (Å²) >= 11 is 1.56. The second-order valence-electron chi connectivity index (χ2n) is 5.59. The van der Waals surface area contributed by atoms with Gasteiger partial charge < -0.3 is 10.1 Å². The third-order valence-corrected chi connectivity index (χ3v) is 6.86. The highest BCUT2D eigenvalue weighted by Gasteiger charge is 2.28. The molecular formula is C15H21N3O3S2. The van der Waals surface area contributed by atoms with E-state index in [0.717, 1.165) is 33.9 Å². The fourth-order valence-corrected chi connectivity index (χ4v) is 4.91. The zero-order valence-corrected chi connectivity index (χ0v) is 14.9. The Labute approximate surface area is 140 Å². The molecule has 3 rings (SSSR count). The molecule has 0 amide bonds. The van der Waals surface area contributed by atoms with Crippen LogP contribution in [-0.2, 0) is 10.0 Å². The highest BCUT2D eigenvalue weighted by Crippen LogP contribution is 2.30. The Morgan fingerprint density at radius 3 is 3.04 bits per heavy atom. The molecule has 2 aromatic rings. The van der Waals surface area contributed by atoms with Gasteiger partial charge in [-0.2, -0.15) is 4.31 Å².